The highest BCUT2D eigenvalue weighted by Crippen LogP contribution is 2.25. The van der Waals surface area contributed by atoms with Crippen LogP contribution in [0.1, 0.15) is 67.2 Å². The Balaban J connectivity index is 0.00000136. The van der Waals surface area contributed by atoms with Crippen molar-refractivity contribution in [3.8, 4) is 0 Å². The second kappa shape index (κ2) is 11.9. The largest absolute Gasteiger partial charge is 0.301 e. The maximum absolute atomic E-state index is 2.72. The topological polar surface area (TPSA) is 13.0 Å². The van der Waals surface area contributed by atoms with E-state index in [-0.39, 0.29) is 0 Å². The summed E-state index contributed by atoms with van der Waals surface area (Å²) >= 11 is 0. The normalized spacial score (nSPS) is 24.6. The summed E-state index contributed by atoms with van der Waals surface area (Å²) in [7, 11) is 2.37. The lowest BCUT2D eigenvalue weighted by Crippen LogP contribution is -2.60. The Morgan fingerprint density at radius 2 is 1.18 bits per heavy atom. The molecule has 3 saturated heterocycles. The average Bonchev–Trinajstić information content (AvgIpc) is 2.66. The van der Waals surface area contributed by atoms with E-state index >= 15 is 0 Å². The summed E-state index contributed by atoms with van der Waals surface area (Å²) in [6, 6.07) is 2.26. The smallest absolute Gasteiger partial charge is 0.0347 e. The van der Waals surface area contributed by atoms with Crippen LogP contribution in [0.3, 0.4) is 0 Å². The Hall–Kier alpha value is -0.160. The van der Waals surface area contributed by atoms with E-state index in [0.717, 1.165) is 30.0 Å². The highest BCUT2D eigenvalue weighted by atomic mass is 15.3. The summed E-state index contributed by atoms with van der Waals surface area (Å²) in [4.78, 5) is 10.7. The quantitative estimate of drug-likeness (QED) is 0.650. The zero-order valence-electron chi connectivity index (χ0n) is 20.2. The Morgan fingerprint density at radius 1 is 0.750 bits per heavy atom. The fraction of sp³-hybridized carbons (Fsp3) is 1.00. The molecule has 0 amide bonds. The van der Waals surface area contributed by atoms with Gasteiger partial charge >= 0.3 is 0 Å². The molecule has 0 atom stereocenters. The van der Waals surface area contributed by atoms with Gasteiger partial charge in [0.25, 0.3) is 0 Å². The Bertz CT molecular complexity index is 403. The number of piperidine rings is 2. The van der Waals surface area contributed by atoms with Crippen LogP contribution in [0, 0.1) is 11.8 Å². The zero-order valence-corrected chi connectivity index (χ0v) is 20.2. The van der Waals surface area contributed by atoms with Gasteiger partial charge in [0.2, 0.25) is 0 Å². The van der Waals surface area contributed by atoms with E-state index in [9.17, 15) is 0 Å². The van der Waals surface area contributed by atoms with E-state index in [1.807, 2.05) is 13.8 Å². The molecular weight excluding hydrogens is 344 g/mol. The highest BCUT2D eigenvalue weighted by molar-refractivity contribution is 4.90. The van der Waals surface area contributed by atoms with Crippen LogP contribution in [0.25, 0.3) is 0 Å². The van der Waals surface area contributed by atoms with Crippen molar-refractivity contribution >= 4 is 0 Å². The second-order valence-corrected chi connectivity index (χ2v) is 9.96. The van der Waals surface area contributed by atoms with Gasteiger partial charge in [0.15, 0.2) is 0 Å². The van der Waals surface area contributed by atoms with Crippen LogP contribution in [0.15, 0.2) is 0 Å². The third-order valence-corrected chi connectivity index (χ3v) is 7.38. The van der Waals surface area contributed by atoms with Crippen molar-refractivity contribution in [3.05, 3.63) is 0 Å². The standard InChI is InChI=1S/C22H44N4.C2H6/c1-18(2)25-10-6-20(7-11-25)14-23(5)22-16-24(17-22)15-21-8-12-26(13-9-21)19(3)4;1-2/h18-22H,6-17H2,1-5H3;1-2H3. The molecule has 0 aromatic rings. The van der Waals surface area contributed by atoms with E-state index in [1.54, 1.807) is 0 Å². The molecule has 166 valence electrons. The molecule has 3 aliphatic rings. The van der Waals surface area contributed by atoms with Crippen molar-refractivity contribution in [2.75, 3.05) is 59.4 Å². The van der Waals surface area contributed by atoms with E-state index in [4.69, 9.17) is 0 Å². The summed E-state index contributed by atoms with van der Waals surface area (Å²) in [6.45, 7) is 23.9. The molecule has 0 aromatic carbocycles. The highest BCUT2D eigenvalue weighted by Gasteiger charge is 2.33. The van der Waals surface area contributed by atoms with Crippen molar-refractivity contribution in [1.82, 2.24) is 19.6 Å². The number of rotatable bonds is 7. The minimum atomic E-state index is 0.723. The summed E-state index contributed by atoms with van der Waals surface area (Å²) in [5, 5.41) is 0. The van der Waals surface area contributed by atoms with Crippen molar-refractivity contribution in [1.29, 1.82) is 0 Å². The summed E-state index contributed by atoms with van der Waals surface area (Å²) in [5.41, 5.74) is 0. The Kier molecular flexibility index (Phi) is 10.2. The van der Waals surface area contributed by atoms with Crippen LogP contribution in [0.4, 0.5) is 0 Å². The predicted molar refractivity (Wildman–Crippen MR) is 123 cm³/mol. The molecular formula is C24H50N4. The molecule has 0 N–H and O–H groups in total. The Morgan fingerprint density at radius 3 is 1.61 bits per heavy atom. The molecule has 4 heteroatoms. The number of likely N-dealkylation sites (tertiary alicyclic amines) is 3. The first-order valence-corrected chi connectivity index (χ1v) is 12.3. The molecule has 0 radical (unpaired) electrons. The number of nitrogens with zero attached hydrogens (tertiary/aromatic N) is 4. The molecule has 0 aromatic heterocycles. The lowest BCUT2D eigenvalue weighted by molar-refractivity contribution is 0.0139. The van der Waals surface area contributed by atoms with Gasteiger partial charge in [-0.3, -0.25) is 4.90 Å². The zero-order chi connectivity index (χ0) is 20.7. The van der Waals surface area contributed by atoms with Crippen molar-refractivity contribution in [2.45, 2.75) is 85.4 Å². The van der Waals surface area contributed by atoms with Gasteiger partial charge in [-0.15, -0.1) is 0 Å². The molecule has 3 fully saturated rings. The van der Waals surface area contributed by atoms with Crippen LogP contribution in [-0.2, 0) is 0 Å². The predicted octanol–water partition coefficient (Wildman–Crippen LogP) is 3.87. The minimum Gasteiger partial charge on any atom is -0.301 e. The molecule has 3 rings (SSSR count). The third-order valence-electron chi connectivity index (χ3n) is 7.38. The second-order valence-electron chi connectivity index (χ2n) is 9.96. The minimum absolute atomic E-state index is 0.723. The third kappa shape index (κ3) is 6.97. The average molecular weight is 395 g/mol. The first-order chi connectivity index (χ1) is 13.4. The van der Waals surface area contributed by atoms with Gasteiger partial charge in [-0.05, 0) is 98.4 Å². The molecule has 0 spiro atoms. The molecule has 4 nitrogen and oxygen atoms in total. The number of hydrogen-bond donors (Lipinski definition) is 0. The lowest BCUT2D eigenvalue weighted by atomic mass is 9.92. The van der Waals surface area contributed by atoms with Crippen LogP contribution in [-0.4, -0.2) is 97.1 Å². The SMILES string of the molecule is CC.CC(C)N1CCC(CN2CC(N(C)CC3CCN(C(C)C)CC3)C2)CC1. The van der Waals surface area contributed by atoms with Gasteiger partial charge in [-0.1, -0.05) is 13.8 Å². The summed E-state index contributed by atoms with van der Waals surface area (Å²) < 4.78 is 0. The van der Waals surface area contributed by atoms with Gasteiger partial charge in [0, 0.05) is 44.3 Å². The number of hydrogen-bond acceptors (Lipinski definition) is 4. The summed E-state index contributed by atoms with van der Waals surface area (Å²) in [5.74, 6) is 1.86. The van der Waals surface area contributed by atoms with Gasteiger partial charge in [0.05, 0.1) is 0 Å². The van der Waals surface area contributed by atoms with E-state index in [2.05, 4.69) is 54.3 Å². The van der Waals surface area contributed by atoms with Crippen molar-refractivity contribution in [2.24, 2.45) is 11.8 Å². The molecule has 0 unspecified atom stereocenters. The van der Waals surface area contributed by atoms with Crippen molar-refractivity contribution in [3.63, 3.8) is 0 Å². The van der Waals surface area contributed by atoms with Crippen LogP contribution in [0.2, 0.25) is 0 Å². The monoisotopic (exact) mass is 394 g/mol. The first-order valence-electron chi connectivity index (χ1n) is 12.3. The van der Waals surface area contributed by atoms with Crippen LogP contribution in [0.5, 0.6) is 0 Å². The van der Waals surface area contributed by atoms with Crippen LogP contribution < -0.4 is 0 Å². The van der Waals surface area contributed by atoms with Gasteiger partial charge < -0.3 is 14.7 Å². The molecule has 3 heterocycles. The van der Waals surface area contributed by atoms with Crippen molar-refractivity contribution < 1.29 is 0 Å². The maximum Gasteiger partial charge on any atom is 0.0347 e. The first kappa shape index (κ1) is 24.1. The van der Waals surface area contributed by atoms with E-state index < -0.39 is 0 Å². The Labute approximate surface area is 176 Å². The van der Waals surface area contributed by atoms with Crippen LogP contribution >= 0.6 is 0 Å². The molecule has 0 bridgehead atoms. The lowest BCUT2D eigenvalue weighted by Gasteiger charge is -2.47. The van der Waals surface area contributed by atoms with E-state index in [1.165, 1.54) is 78.0 Å². The van der Waals surface area contributed by atoms with Gasteiger partial charge in [-0.2, -0.15) is 0 Å². The fourth-order valence-corrected chi connectivity index (χ4v) is 5.20. The number of likely N-dealkylation sites (N-methyl/N-ethyl adjacent to an activating group) is 1. The molecule has 3 aliphatic heterocycles. The fourth-order valence-electron chi connectivity index (χ4n) is 5.20. The maximum atomic E-state index is 2.72. The molecule has 0 saturated carbocycles. The summed E-state index contributed by atoms with van der Waals surface area (Å²) in [6.07, 6.45) is 5.61. The molecule has 28 heavy (non-hydrogen) atoms. The molecule has 0 aliphatic carbocycles. The van der Waals surface area contributed by atoms with Gasteiger partial charge in [0.1, 0.15) is 0 Å². The van der Waals surface area contributed by atoms with Gasteiger partial charge in [-0.25, -0.2) is 0 Å². The van der Waals surface area contributed by atoms with E-state index in [0.29, 0.717) is 0 Å².